The van der Waals surface area contributed by atoms with E-state index in [1.165, 1.54) is 0 Å². The number of ketones is 1. The SMILES string of the molecule is COC1(C)C=CC(=C(O)c2ccccc2)C(=O)C1. The van der Waals surface area contributed by atoms with Gasteiger partial charge >= 0.3 is 0 Å². The maximum atomic E-state index is 12.0. The van der Waals surface area contributed by atoms with E-state index in [-0.39, 0.29) is 18.0 Å². The molecule has 1 aromatic carbocycles. The molecule has 0 saturated heterocycles. The van der Waals surface area contributed by atoms with Crippen LogP contribution in [0.15, 0.2) is 48.1 Å². The van der Waals surface area contributed by atoms with Crippen LogP contribution in [0.2, 0.25) is 0 Å². The number of Topliss-reactive ketones (excluding diaryl/α,β-unsaturated/α-hetero) is 1. The molecule has 0 radical (unpaired) electrons. The molecule has 0 heterocycles. The molecule has 1 unspecified atom stereocenters. The first-order chi connectivity index (χ1) is 8.56. The van der Waals surface area contributed by atoms with Crippen molar-refractivity contribution in [3.05, 3.63) is 53.6 Å². The van der Waals surface area contributed by atoms with E-state index in [2.05, 4.69) is 0 Å². The fourth-order valence-electron chi connectivity index (χ4n) is 1.93. The molecule has 1 N–H and O–H groups in total. The first-order valence-electron chi connectivity index (χ1n) is 5.82. The molecular formula is C15H16O3. The molecule has 3 nitrogen and oxygen atoms in total. The number of aliphatic hydroxyl groups excluding tert-OH is 1. The highest BCUT2D eigenvalue weighted by atomic mass is 16.5. The molecule has 0 fully saturated rings. The van der Waals surface area contributed by atoms with E-state index in [0.717, 1.165) is 0 Å². The third kappa shape index (κ3) is 2.36. The van der Waals surface area contributed by atoms with Crippen molar-refractivity contribution in [2.24, 2.45) is 0 Å². The lowest BCUT2D eigenvalue weighted by atomic mass is 9.87. The molecule has 0 bridgehead atoms. The second-order valence-corrected chi connectivity index (χ2v) is 4.58. The molecule has 0 spiro atoms. The zero-order valence-corrected chi connectivity index (χ0v) is 10.5. The zero-order chi connectivity index (χ0) is 13.2. The van der Waals surface area contributed by atoms with Crippen LogP contribution in [-0.2, 0) is 9.53 Å². The van der Waals surface area contributed by atoms with Crippen LogP contribution in [0.1, 0.15) is 18.9 Å². The molecule has 0 amide bonds. The number of hydrogen-bond donors (Lipinski definition) is 1. The number of hydrogen-bond acceptors (Lipinski definition) is 3. The summed E-state index contributed by atoms with van der Waals surface area (Å²) in [4.78, 5) is 12.0. The number of methoxy groups -OCH3 is 1. The number of aliphatic hydroxyl groups is 1. The quantitative estimate of drug-likeness (QED) is 0.642. The summed E-state index contributed by atoms with van der Waals surface area (Å²) in [6.07, 6.45) is 3.69. The Kier molecular flexibility index (Phi) is 3.34. The second kappa shape index (κ2) is 4.78. The molecule has 94 valence electrons. The van der Waals surface area contributed by atoms with Crippen molar-refractivity contribution in [1.29, 1.82) is 0 Å². The third-order valence-electron chi connectivity index (χ3n) is 3.18. The highest BCUT2D eigenvalue weighted by Gasteiger charge is 2.31. The van der Waals surface area contributed by atoms with Gasteiger partial charge in [-0.05, 0) is 13.0 Å². The lowest BCUT2D eigenvalue weighted by Gasteiger charge is -2.27. The van der Waals surface area contributed by atoms with Crippen molar-refractivity contribution in [3.63, 3.8) is 0 Å². The lowest BCUT2D eigenvalue weighted by Crippen LogP contribution is -2.31. The van der Waals surface area contributed by atoms with E-state index in [1.807, 2.05) is 31.2 Å². The smallest absolute Gasteiger partial charge is 0.169 e. The third-order valence-corrected chi connectivity index (χ3v) is 3.18. The standard InChI is InChI=1S/C15H16O3/c1-15(18-2)9-8-12(13(16)10-15)14(17)11-6-4-3-5-7-11/h3-9,17H,10H2,1-2H3. The zero-order valence-electron chi connectivity index (χ0n) is 10.5. The van der Waals surface area contributed by atoms with Crippen molar-refractivity contribution >= 4 is 11.5 Å². The number of carbonyl (C=O) groups is 1. The van der Waals surface area contributed by atoms with Crippen LogP contribution in [0.3, 0.4) is 0 Å². The normalized spacial score (nSPS) is 26.2. The van der Waals surface area contributed by atoms with Gasteiger partial charge in [0.2, 0.25) is 0 Å². The van der Waals surface area contributed by atoms with Gasteiger partial charge in [-0.2, -0.15) is 0 Å². The molecule has 1 aromatic rings. The number of allylic oxidation sites excluding steroid dienone is 2. The van der Waals surface area contributed by atoms with E-state index in [9.17, 15) is 9.90 Å². The number of ether oxygens (including phenoxy) is 1. The van der Waals surface area contributed by atoms with Gasteiger partial charge in [-0.15, -0.1) is 0 Å². The van der Waals surface area contributed by atoms with E-state index in [1.54, 1.807) is 25.3 Å². The average Bonchev–Trinajstić information content (AvgIpc) is 2.39. The first-order valence-corrected chi connectivity index (χ1v) is 5.82. The Morgan fingerprint density at radius 3 is 2.56 bits per heavy atom. The average molecular weight is 244 g/mol. The van der Waals surface area contributed by atoms with Crippen molar-refractivity contribution < 1.29 is 14.6 Å². The van der Waals surface area contributed by atoms with E-state index >= 15 is 0 Å². The molecule has 0 aromatic heterocycles. The molecule has 1 aliphatic rings. The molecule has 2 rings (SSSR count). The Morgan fingerprint density at radius 1 is 1.33 bits per heavy atom. The summed E-state index contributed by atoms with van der Waals surface area (Å²) >= 11 is 0. The largest absolute Gasteiger partial charge is 0.507 e. The number of carbonyl (C=O) groups excluding carboxylic acids is 1. The Morgan fingerprint density at radius 2 is 2.00 bits per heavy atom. The summed E-state index contributed by atoms with van der Waals surface area (Å²) in [5.41, 5.74) is 0.416. The second-order valence-electron chi connectivity index (χ2n) is 4.58. The van der Waals surface area contributed by atoms with Crippen LogP contribution >= 0.6 is 0 Å². The number of rotatable bonds is 2. The molecule has 0 aliphatic heterocycles. The Balaban J connectivity index is 2.41. The molecule has 18 heavy (non-hydrogen) atoms. The van der Waals surface area contributed by atoms with E-state index < -0.39 is 5.60 Å². The van der Waals surface area contributed by atoms with Crippen molar-refractivity contribution in [3.8, 4) is 0 Å². The Hall–Kier alpha value is -1.87. The van der Waals surface area contributed by atoms with Gasteiger partial charge < -0.3 is 9.84 Å². The Labute approximate surface area is 106 Å². The summed E-state index contributed by atoms with van der Waals surface area (Å²) < 4.78 is 5.27. The highest BCUT2D eigenvalue weighted by Crippen LogP contribution is 2.28. The topological polar surface area (TPSA) is 46.5 Å². The highest BCUT2D eigenvalue weighted by molar-refractivity contribution is 6.05. The summed E-state index contributed by atoms with van der Waals surface area (Å²) in [6, 6.07) is 9.05. The predicted molar refractivity (Wildman–Crippen MR) is 70.2 cm³/mol. The van der Waals surface area contributed by atoms with Crippen molar-refractivity contribution in [2.75, 3.05) is 7.11 Å². The minimum Gasteiger partial charge on any atom is -0.507 e. The minimum absolute atomic E-state index is 0.0232. The van der Waals surface area contributed by atoms with Gasteiger partial charge in [0, 0.05) is 19.1 Å². The molecular weight excluding hydrogens is 228 g/mol. The fourth-order valence-corrected chi connectivity index (χ4v) is 1.93. The fraction of sp³-hybridized carbons (Fsp3) is 0.267. The van der Waals surface area contributed by atoms with Crippen LogP contribution in [0.25, 0.3) is 5.76 Å². The van der Waals surface area contributed by atoms with Gasteiger partial charge in [-0.25, -0.2) is 0 Å². The van der Waals surface area contributed by atoms with Crippen molar-refractivity contribution in [2.45, 2.75) is 18.9 Å². The summed E-state index contributed by atoms with van der Waals surface area (Å²) in [6.45, 7) is 1.84. The van der Waals surface area contributed by atoms with Crippen molar-refractivity contribution in [1.82, 2.24) is 0 Å². The van der Waals surface area contributed by atoms with E-state index in [4.69, 9.17) is 4.74 Å². The Bertz CT molecular complexity index is 514. The number of benzene rings is 1. The molecule has 1 atom stereocenters. The molecule has 3 heteroatoms. The molecule has 1 aliphatic carbocycles. The van der Waals surface area contributed by atoms with Gasteiger partial charge in [0.25, 0.3) is 0 Å². The maximum Gasteiger partial charge on any atom is 0.169 e. The van der Waals surface area contributed by atoms with Crippen LogP contribution in [0.4, 0.5) is 0 Å². The van der Waals surface area contributed by atoms with Crippen LogP contribution in [0.5, 0.6) is 0 Å². The van der Waals surface area contributed by atoms with Gasteiger partial charge in [-0.3, -0.25) is 4.79 Å². The van der Waals surface area contributed by atoms with Crippen LogP contribution < -0.4 is 0 Å². The van der Waals surface area contributed by atoms with Gasteiger partial charge in [0.15, 0.2) is 5.78 Å². The van der Waals surface area contributed by atoms with Crippen LogP contribution in [0, 0.1) is 0 Å². The lowest BCUT2D eigenvalue weighted by molar-refractivity contribution is -0.119. The maximum absolute atomic E-state index is 12.0. The summed E-state index contributed by atoms with van der Waals surface area (Å²) in [5.74, 6) is -0.0850. The summed E-state index contributed by atoms with van der Waals surface area (Å²) in [5, 5.41) is 10.1. The van der Waals surface area contributed by atoms with Gasteiger partial charge in [0.05, 0.1) is 11.2 Å². The van der Waals surface area contributed by atoms with Gasteiger partial charge in [-0.1, -0.05) is 36.4 Å². The minimum atomic E-state index is -0.572. The molecule has 0 saturated carbocycles. The predicted octanol–water partition coefficient (Wildman–Crippen LogP) is 2.89. The van der Waals surface area contributed by atoms with Crippen LogP contribution in [-0.4, -0.2) is 23.6 Å². The first kappa shape index (κ1) is 12.6. The monoisotopic (exact) mass is 244 g/mol. The van der Waals surface area contributed by atoms with Gasteiger partial charge in [0.1, 0.15) is 5.76 Å². The van der Waals surface area contributed by atoms with E-state index in [0.29, 0.717) is 11.1 Å². The summed E-state index contributed by atoms with van der Waals surface area (Å²) in [7, 11) is 1.57.